The van der Waals surface area contributed by atoms with E-state index in [2.05, 4.69) is 46.6 Å². The summed E-state index contributed by atoms with van der Waals surface area (Å²) in [6.07, 6.45) is 5.05. The van der Waals surface area contributed by atoms with E-state index in [1.165, 1.54) is 0 Å². The second-order valence-electron chi connectivity index (χ2n) is 6.60. The molecule has 0 unspecified atom stereocenters. The summed E-state index contributed by atoms with van der Waals surface area (Å²) < 4.78 is 14.0. The van der Waals surface area contributed by atoms with Crippen molar-refractivity contribution in [2.75, 3.05) is 0 Å². The van der Waals surface area contributed by atoms with Gasteiger partial charge in [0.2, 0.25) is 0 Å². The predicted octanol–water partition coefficient (Wildman–Crippen LogP) is 2.23. The highest BCUT2D eigenvalue weighted by Crippen LogP contribution is 2.36. The topological polar surface area (TPSA) is 36.3 Å². The van der Waals surface area contributed by atoms with Crippen LogP contribution in [0.5, 0.6) is 0 Å². The van der Waals surface area contributed by atoms with E-state index in [0.29, 0.717) is 5.92 Å². The first-order chi connectivity index (χ1) is 8.75. The fourth-order valence-electron chi connectivity index (χ4n) is 2.03. The zero-order chi connectivity index (χ0) is 14.3. The van der Waals surface area contributed by atoms with Crippen molar-refractivity contribution < 1.29 is 9.31 Å². The molecule has 0 N–H and O–H groups in total. The molecule has 0 bridgehead atoms. The Morgan fingerprint density at radius 1 is 1.26 bits per heavy atom. The fraction of sp³-hybridized carbons (Fsp3) is 0.786. The van der Waals surface area contributed by atoms with Crippen molar-refractivity contribution >= 4 is 12.6 Å². The van der Waals surface area contributed by atoms with Gasteiger partial charge in [0, 0.05) is 24.4 Å². The molecule has 0 saturated carbocycles. The summed E-state index contributed by atoms with van der Waals surface area (Å²) >= 11 is 0. The van der Waals surface area contributed by atoms with Crippen molar-refractivity contribution in [2.45, 2.75) is 65.7 Å². The van der Waals surface area contributed by atoms with Crippen molar-refractivity contribution in [3.8, 4) is 0 Å². The number of hydrogen-bond donors (Lipinski definition) is 0. The Morgan fingerprint density at radius 3 is 2.37 bits per heavy atom. The first-order valence-electron chi connectivity index (χ1n) is 7.13. The smallest absolute Gasteiger partial charge is 0.399 e. The maximum absolute atomic E-state index is 6.02. The first kappa shape index (κ1) is 14.6. The van der Waals surface area contributed by atoms with Gasteiger partial charge in [0.05, 0.1) is 11.2 Å². The number of hydrogen-bond acceptors (Lipinski definition) is 3. The van der Waals surface area contributed by atoms with E-state index < -0.39 is 0 Å². The third-order valence-corrected chi connectivity index (χ3v) is 4.37. The van der Waals surface area contributed by atoms with Crippen LogP contribution in [-0.2, 0) is 15.9 Å². The van der Waals surface area contributed by atoms with Gasteiger partial charge in [0.15, 0.2) is 0 Å². The van der Waals surface area contributed by atoms with Crippen molar-refractivity contribution in [3.05, 3.63) is 12.4 Å². The Hall–Kier alpha value is -0.805. The minimum atomic E-state index is -0.310. The summed E-state index contributed by atoms with van der Waals surface area (Å²) in [4.78, 5) is 0. The average Bonchev–Trinajstić information content (AvgIpc) is 2.82. The number of rotatable bonds is 4. The summed E-state index contributed by atoms with van der Waals surface area (Å²) in [6, 6.07) is 0. The minimum Gasteiger partial charge on any atom is -0.399 e. The Kier molecular flexibility index (Phi) is 3.80. The van der Waals surface area contributed by atoms with Gasteiger partial charge in [-0.25, -0.2) is 0 Å². The van der Waals surface area contributed by atoms with Gasteiger partial charge in [-0.05, 0) is 33.6 Å². The predicted molar refractivity (Wildman–Crippen MR) is 77.4 cm³/mol. The lowest BCUT2D eigenvalue weighted by molar-refractivity contribution is 0.00578. The number of aromatic nitrogens is 2. The highest BCUT2D eigenvalue weighted by molar-refractivity contribution is 6.61. The van der Waals surface area contributed by atoms with Gasteiger partial charge in [-0.1, -0.05) is 20.3 Å². The molecule has 1 aliphatic rings. The molecular formula is C14H25BN2O2. The number of nitrogens with zero attached hydrogens (tertiary/aromatic N) is 2. The molecule has 2 rings (SSSR count). The van der Waals surface area contributed by atoms with Gasteiger partial charge in [-0.2, -0.15) is 5.10 Å². The van der Waals surface area contributed by atoms with Crippen LogP contribution in [0.3, 0.4) is 0 Å². The van der Waals surface area contributed by atoms with Crippen LogP contribution in [0.2, 0.25) is 0 Å². The molecular weight excluding hydrogens is 239 g/mol. The first-order valence-corrected chi connectivity index (χ1v) is 7.13. The van der Waals surface area contributed by atoms with Crippen molar-refractivity contribution in [1.82, 2.24) is 9.78 Å². The molecule has 1 aliphatic heterocycles. The highest BCUT2D eigenvalue weighted by Gasteiger charge is 2.52. The lowest BCUT2D eigenvalue weighted by Gasteiger charge is -2.32. The van der Waals surface area contributed by atoms with Gasteiger partial charge in [-0.3, -0.25) is 4.68 Å². The summed E-state index contributed by atoms with van der Waals surface area (Å²) in [7, 11) is -0.310. The molecule has 0 radical (unpaired) electrons. The van der Waals surface area contributed by atoms with Crippen LogP contribution >= 0.6 is 0 Å². The third-order valence-electron chi connectivity index (χ3n) is 4.37. The molecule has 0 aliphatic carbocycles. The van der Waals surface area contributed by atoms with Crippen LogP contribution in [0.25, 0.3) is 0 Å². The molecule has 1 saturated heterocycles. The molecule has 0 amide bonds. The Balaban J connectivity index is 2.08. The molecule has 5 heteroatoms. The summed E-state index contributed by atoms with van der Waals surface area (Å²) in [5.74, 6) is 0.631. The molecule has 0 spiro atoms. The monoisotopic (exact) mass is 264 g/mol. The molecule has 1 aromatic rings. The Bertz CT molecular complexity index is 426. The highest BCUT2D eigenvalue weighted by atomic mass is 16.7. The zero-order valence-corrected chi connectivity index (χ0v) is 12.9. The van der Waals surface area contributed by atoms with Gasteiger partial charge < -0.3 is 9.31 Å². The quantitative estimate of drug-likeness (QED) is 0.782. The molecule has 1 fully saturated rings. The van der Waals surface area contributed by atoms with Crippen LogP contribution in [0, 0.1) is 5.92 Å². The van der Waals surface area contributed by atoms with E-state index in [4.69, 9.17) is 9.31 Å². The van der Waals surface area contributed by atoms with Crippen LogP contribution < -0.4 is 5.46 Å². The van der Waals surface area contributed by atoms with Gasteiger partial charge in [0.25, 0.3) is 0 Å². The van der Waals surface area contributed by atoms with Crippen molar-refractivity contribution in [1.29, 1.82) is 0 Å². The maximum Gasteiger partial charge on any atom is 0.498 e. The molecule has 1 atom stereocenters. The maximum atomic E-state index is 6.02. The van der Waals surface area contributed by atoms with E-state index in [-0.39, 0.29) is 18.3 Å². The van der Waals surface area contributed by atoms with Gasteiger partial charge in [-0.15, -0.1) is 0 Å². The normalized spacial score (nSPS) is 22.7. The van der Waals surface area contributed by atoms with Crippen LogP contribution in [0.1, 0.15) is 48.0 Å². The SMILES string of the molecule is CC[C@@H](C)Cn1cc(B2OC(C)(C)C(C)(C)O2)cn1. The minimum absolute atomic E-state index is 0.295. The Labute approximate surface area is 116 Å². The Morgan fingerprint density at radius 2 is 1.84 bits per heavy atom. The van der Waals surface area contributed by atoms with Crippen molar-refractivity contribution in [2.24, 2.45) is 5.92 Å². The molecule has 19 heavy (non-hydrogen) atoms. The molecule has 0 aromatic carbocycles. The van der Waals surface area contributed by atoms with E-state index in [9.17, 15) is 0 Å². The zero-order valence-electron chi connectivity index (χ0n) is 12.9. The standard InChI is InChI=1S/C14H25BN2O2/c1-7-11(2)9-17-10-12(8-16-17)15-18-13(3,4)14(5,6)19-15/h8,10-11H,7,9H2,1-6H3/t11-/m1/s1. The molecule has 4 nitrogen and oxygen atoms in total. The molecule has 106 valence electrons. The summed E-state index contributed by atoms with van der Waals surface area (Å²) in [5.41, 5.74) is 0.411. The van der Waals surface area contributed by atoms with Gasteiger partial charge in [0.1, 0.15) is 0 Å². The average molecular weight is 264 g/mol. The fourth-order valence-corrected chi connectivity index (χ4v) is 2.03. The van der Waals surface area contributed by atoms with E-state index in [1.54, 1.807) is 0 Å². The largest absolute Gasteiger partial charge is 0.498 e. The summed E-state index contributed by atoms with van der Waals surface area (Å²) in [5, 5.41) is 4.40. The lowest BCUT2D eigenvalue weighted by atomic mass is 9.82. The molecule has 1 aromatic heterocycles. The second kappa shape index (κ2) is 4.95. The van der Waals surface area contributed by atoms with Gasteiger partial charge >= 0.3 is 7.12 Å². The van der Waals surface area contributed by atoms with E-state index in [1.807, 2.05) is 17.1 Å². The van der Waals surface area contributed by atoms with E-state index in [0.717, 1.165) is 18.4 Å². The summed E-state index contributed by atoms with van der Waals surface area (Å²) in [6.45, 7) is 13.6. The van der Waals surface area contributed by atoms with Crippen LogP contribution in [0.15, 0.2) is 12.4 Å². The lowest BCUT2D eigenvalue weighted by Crippen LogP contribution is -2.41. The van der Waals surface area contributed by atoms with Crippen molar-refractivity contribution in [3.63, 3.8) is 0 Å². The molecule has 2 heterocycles. The van der Waals surface area contributed by atoms with Crippen LogP contribution in [0.4, 0.5) is 0 Å². The third kappa shape index (κ3) is 2.87. The second-order valence-corrected chi connectivity index (χ2v) is 6.60. The van der Waals surface area contributed by atoms with Crippen LogP contribution in [-0.4, -0.2) is 28.1 Å². The van der Waals surface area contributed by atoms with E-state index >= 15 is 0 Å².